The molecule has 0 unspecified atom stereocenters. The predicted molar refractivity (Wildman–Crippen MR) is 86.8 cm³/mol. The van der Waals surface area contributed by atoms with E-state index in [-0.39, 0.29) is 5.82 Å². The van der Waals surface area contributed by atoms with Gasteiger partial charge >= 0.3 is 0 Å². The molecule has 0 saturated heterocycles. The first kappa shape index (κ1) is 14.8. The van der Waals surface area contributed by atoms with Gasteiger partial charge < -0.3 is 0 Å². The summed E-state index contributed by atoms with van der Waals surface area (Å²) in [5.41, 5.74) is 3.32. The van der Waals surface area contributed by atoms with E-state index in [9.17, 15) is 4.39 Å². The highest BCUT2D eigenvalue weighted by molar-refractivity contribution is 7.98. The van der Waals surface area contributed by atoms with Gasteiger partial charge in [0, 0.05) is 5.75 Å². The van der Waals surface area contributed by atoms with Crippen LogP contribution in [0.3, 0.4) is 0 Å². The molecule has 3 nitrogen and oxygen atoms in total. The molecule has 5 heteroatoms. The summed E-state index contributed by atoms with van der Waals surface area (Å²) in [6.45, 7) is 4.02. The zero-order chi connectivity index (χ0) is 15.5. The largest absolute Gasteiger partial charge is 0.274 e. The minimum atomic E-state index is -0.215. The smallest absolute Gasteiger partial charge is 0.196 e. The van der Waals surface area contributed by atoms with Crippen molar-refractivity contribution in [3.63, 3.8) is 0 Å². The fraction of sp³-hybridized carbons (Fsp3) is 0.176. The summed E-state index contributed by atoms with van der Waals surface area (Å²) < 4.78 is 15.0. The normalized spacial score (nSPS) is 10.9. The Hall–Kier alpha value is -2.14. The third-order valence-corrected chi connectivity index (χ3v) is 4.43. The van der Waals surface area contributed by atoms with Crippen LogP contribution in [0.1, 0.15) is 17.0 Å². The van der Waals surface area contributed by atoms with Crippen molar-refractivity contribution in [3.05, 3.63) is 71.3 Å². The zero-order valence-corrected chi connectivity index (χ0v) is 13.3. The second-order valence-corrected chi connectivity index (χ2v) is 6.01. The molecule has 0 amide bonds. The van der Waals surface area contributed by atoms with Crippen molar-refractivity contribution in [2.24, 2.45) is 0 Å². The van der Waals surface area contributed by atoms with Gasteiger partial charge in [0.15, 0.2) is 5.16 Å². The van der Waals surface area contributed by atoms with Gasteiger partial charge in [0.05, 0.1) is 5.69 Å². The molecule has 0 aliphatic rings. The second kappa shape index (κ2) is 6.32. The Morgan fingerprint density at radius 1 is 1.00 bits per heavy atom. The van der Waals surface area contributed by atoms with E-state index in [2.05, 4.69) is 33.8 Å². The van der Waals surface area contributed by atoms with E-state index in [0.717, 1.165) is 28.0 Å². The molecule has 112 valence electrons. The summed E-state index contributed by atoms with van der Waals surface area (Å²) in [5, 5.41) is 9.30. The molecule has 0 bridgehead atoms. The van der Waals surface area contributed by atoms with Gasteiger partial charge in [0.25, 0.3) is 0 Å². The molecule has 0 radical (unpaired) electrons. The lowest BCUT2D eigenvalue weighted by molar-refractivity contribution is 0.627. The van der Waals surface area contributed by atoms with Crippen LogP contribution in [0, 0.1) is 19.7 Å². The zero-order valence-electron chi connectivity index (χ0n) is 12.5. The van der Waals surface area contributed by atoms with Crippen molar-refractivity contribution in [3.8, 4) is 5.69 Å². The van der Waals surface area contributed by atoms with Gasteiger partial charge in [0.2, 0.25) is 0 Å². The van der Waals surface area contributed by atoms with Crippen molar-refractivity contribution in [1.29, 1.82) is 0 Å². The highest BCUT2D eigenvalue weighted by Crippen LogP contribution is 2.26. The molecular weight excluding hydrogens is 297 g/mol. The number of nitrogens with zero attached hydrogens (tertiary/aromatic N) is 3. The van der Waals surface area contributed by atoms with Crippen LogP contribution in [-0.2, 0) is 5.75 Å². The minimum absolute atomic E-state index is 0.215. The van der Waals surface area contributed by atoms with Crippen LogP contribution in [-0.4, -0.2) is 14.8 Å². The van der Waals surface area contributed by atoms with E-state index in [1.54, 1.807) is 23.9 Å². The van der Waals surface area contributed by atoms with E-state index in [1.165, 1.54) is 17.7 Å². The fourth-order valence-electron chi connectivity index (χ4n) is 2.26. The molecule has 0 spiro atoms. The maximum Gasteiger partial charge on any atom is 0.196 e. The van der Waals surface area contributed by atoms with Gasteiger partial charge in [-0.1, -0.05) is 42.1 Å². The lowest BCUT2D eigenvalue weighted by Gasteiger charge is -2.11. The highest BCUT2D eigenvalue weighted by Gasteiger charge is 2.13. The molecule has 3 aromatic rings. The molecule has 0 N–H and O–H groups in total. The third kappa shape index (κ3) is 3.04. The number of thioether (sulfide) groups is 1. The van der Waals surface area contributed by atoms with E-state index in [0.29, 0.717) is 0 Å². The SMILES string of the molecule is Cc1ccccc1-n1c(C)nnc1SCc1ccc(F)cc1. The van der Waals surface area contributed by atoms with Gasteiger partial charge in [-0.15, -0.1) is 10.2 Å². The van der Waals surface area contributed by atoms with E-state index >= 15 is 0 Å². The Kier molecular flexibility index (Phi) is 4.24. The Balaban J connectivity index is 1.86. The molecule has 22 heavy (non-hydrogen) atoms. The highest BCUT2D eigenvalue weighted by atomic mass is 32.2. The van der Waals surface area contributed by atoms with Gasteiger partial charge in [-0.2, -0.15) is 0 Å². The number of hydrogen-bond acceptors (Lipinski definition) is 3. The number of benzene rings is 2. The van der Waals surface area contributed by atoms with Gasteiger partial charge in [-0.3, -0.25) is 4.57 Å². The summed E-state index contributed by atoms with van der Waals surface area (Å²) in [7, 11) is 0. The number of para-hydroxylation sites is 1. The number of aryl methyl sites for hydroxylation is 2. The summed E-state index contributed by atoms with van der Waals surface area (Å²) in [4.78, 5) is 0. The van der Waals surface area contributed by atoms with Gasteiger partial charge in [-0.25, -0.2) is 4.39 Å². The molecule has 0 atom stereocenters. The Labute approximate surface area is 133 Å². The van der Waals surface area contributed by atoms with E-state index in [1.807, 2.05) is 19.1 Å². The van der Waals surface area contributed by atoms with Crippen molar-refractivity contribution in [2.75, 3.05) is 0 Å². The molecule has 1 heterocycles. The molecule has 0 aliphatic carbocycles. The number of aromatic nitrogens is 3. The number of rotatable bonds is 4. The van der Waals surface area contributed by atoms with Crippen LogP contribution in [0.15, 0.2) is 53.7 Å². The quantitative estimate of drug-likeness (QED) is 0.672. The summed E-state index contributed by atoms with van der Waals surface area (Å²) in [6.07, 6.45) is 0. The molecule has 0 saturated carbocycles. The Morgan fingerprint density at radius 2 is 1.73 bits per heavy atom. The van der Waals surface area contributed by atoms with Crippen LogP contribution < -0.4 is 0 Å². The van der Waals surface area contributed by atoms with Gasteiger partial charge in [0.1, 0.15) is 11.6 Å². The van der Waals surface area contributed by atoms with Crippen LogP contribution in [0.25, 0.3) is 5.69 Å². The average molecular weight is 313 g/mol. The molecule has 2 aromatic carbocycles. The van der Waals surface area contributed by atoms with Crippen molar-refractivity contribution in [2.45, 2.75) is 24.8 Å². The number of hydrogen-bond donors (Lipinski definition) is 0. The first-order valence-corrected chi connectivity index (χ1v) is 7.99. The van der Waals surface area contributed by atoms with Gasteiger partial charge in [-0.05, 0) is 43.2 Å². The Morgan fingerprint density at radius 3 is 2.45 bits per heavy atom. The molecule has 0 fully saturated rings. The first-order chi connectivity index (χ1) is 10.6. The van der Waals surface area contributed by atoms with Crippen LogP contribution in [0.5, 0.6) is 0 Å². The summed E-state index contributed by atoms with van der Waals surface area (Å²) >= 11 is 1.60. The van der Waals surface area contributed by atoms with Crippen molar-refractivity contribution in [1.82, 2.24) is 14.8 Å². The fourth-order valence-corrected chi connectivity index (χ4v) is 3.20. The molecule has 3 rings (SSSR count). The van der Waals surface area contributed by atoms with Crippen molar-refractivity contribution >= 4 is 11.8 Å². The van der Waals surface area contributed by atoms with Crippen LogP contribution in [0.4, 0.5) is 4.39 Å². The first-order valence-electron chi connectivity index (χ1n) is 7.00. The molecule has 1 aromatic heterocycles. The number of halogens is 1. The average Bonchev–Trinajstić information content (AvgIpc) is 2.88. The third-order valence-electron chi connectivity index (χ3n) is 3.43. The minimum Gasteiger partial charge on any atom is -0.274 e. The lowest BCUT2D eigenvalue weighted by atomic mass is 10.2. The van der Waals surface area contributed by atoms with E-state index < -0.39 is 0 Å². The molecule has 0 aliphatic heterocycles. The summed E-state index contributed by atoms with van der Waals surface area (Å²) in [5.74, 6) is 1.37. The predicted octanol–water partition coefficient (Wildman–Crippen LogP) is 4.32. The topological polar surface area (TPSA) is 30.7 Å². The summed E-state index contributed by atoms with van der Waals surface area (Å²) in [6, 6.07) is 14.7. The standard InChI is InChI=1S/C17H16FN3S/c1-12-5-3-4-6-16(12)21-13(2)19-20-17(21)22-11-14-7-9-15(18)10-8-14/h3-10H,11H2,1-2H3. The van der Waals surface area contributed by atoms with Crippen LogP contribution in [0.2, 0.25) is 0 Å². The lowest BCUT2D eigenvalue weighted by Crippen LogP contribution is -2.01. The second-order valence-electron chi connectivity index (χ2n) is 5.07. The maximum absolute atomic E-state index is 12.9. The monoisotopic (exact) mass is 313 g/mol. The van der Waals surface area contributed by atoms with E-state index in [4.69, 9.17) is 0 Å². The van der Waals surface area contributed by atoms with Crippen molar-refractivity contribution < 1.29 is 4.39 Å². The maximum atomic E-state index is 12.9. The van der Waals surface area contributed by atoms with Crippen LogP contribution >= 0.6 is 11.8 Å². The Bertz CT molecular complexity index is 781. The molecular formula is C17H16FN3S.